The van der Waals surface area contributed by atoms with Crippen LogP contribution in [0.1, 0.15) is 23.5 Å². The summed E-state index contributed by atoms with van der Waals surface area (Å²) in [5.41, 5.74) is 2.41. The summed E-state index contributed by atoms with van der Waals surface area (Å²) >= 11 is 6.14. The third-order valence-electron chi connectivity index (χ3n) is 5.01. The lowest BCUT2D eigenvalue weighted by atomic mass is 9.80. The molecular weight excluding hydrogens is 350 g/mol. The van der Waals surface area contributed by atoms with Gasteiger partial charge in [-0.25, -0.2) is 0 Å². The van der Waals surface area contributed by atoms with Gasteiger partial charge in [0.1, 0.15) is 5.75 Å². The molecule has 2 atom stereocenters. The van der Waals surface area contributed by atoms with Gasteiger partial charge in [-0.1, -0.05) is 48.0 Å². The van der Waals surface area contributed by atoms with Crippen molar-refractivity contribution in [1.29, 1.82) is 0 Å². The van der Waals surface area contributed by atoms with E-state index in [1.165, 1.54) is 5.56 Å². The van der Waals surface area contributed by atoms with Gasteiger partial charge in [0, 0.05) is 37.7 Å². The van der Waals surface area contributed by atoms with Crippen molar-refractivity contribution >= 4 is 11.6 Å². The molecule has 1 heterocycles. The van der Waals surface area contributed by atoms with Crippen LogP contribution in [0.5, 0.6) is 5.75 Å². The van der Waals surface area contributed by atoms with Crippen molar-refractivity contribution in [3.8, 4) is 5.75 Å². The highest BCUT2D eigenvalue weighted by molar-refractivity contribution is 6.30. The van der Waals surface area contributed by atoms with Gasteiger partial charge < -0.3 is 14.6 Å². The Morgan fingerprint density at radius 3 is 2.73 bits per heavy atom. The molecule has 4 nitrogen and oxygen atoms in total. The summed E-state index contributed by atoms with van der Waals surface area (Å²) in [7, 11) is 1.60. The van der Waals surface area contributed by atoms with Crippen molar-refractivity contribution in [2.24, 2.45) is 5.92 Å². The summed E-state index contributed by atoms with van der Waals surface area (Å²) in [5.74, 6) is 1.16. The third kappa shape index (κ3) is 4.77. The SMILES string of the molecule is COCOc1cc(Cl)ccc1[C@@H]1CCN(Cc2ccccc2)C[C@H]1CO. The first kappa shape index (κ1) is 19.2. The monoisotopic (exact) mass is 375 g/mol. The molecule has 0 spiro atoms. The van der Waals surface area contributed by atoms with Crippen molar-refractivity contribution in [2.75, 3.05) is 33.6 Å². The van der Waals surface area contributed by atoms with E-state index in [-0.39, 0.29) is 25.2 Å². The minimum absolute atomic E-state index is 0.155. The Labute approximate surface area is 160 Å². The lowest BCUT2D eigenvalue weighted by molar-refractivity contribution is 0.0480. The minimum Gasteiger partial charge on any atom is -0.467 e. The third-order valence-corrected chi connectivity index (χ3v) is 5.24. The van der Waals surface area contributed by atoms with Crippen LogP contribution in [0.4, 0.5) is 0 Å². The van der Waals surface area contributed by atoms with Crippen molar-refractivity contribution < 1.29 is 14.6 Å². The number of ether oxygens (including phenoxy) is 2. The van der Waals surface area contributed by atoms with Crippen LogP contribution in [0.25, 0.3) is 0 Å². The van der Waals surface area contributed by atoms with E-state index in [0.29, 0.717) is 5.02 Å². The number of rotatable bonds is 7. The predicted molar refractivity (Wildman–Crippen MR) is 104 cm³/mol. The van der Waals surface area contributed by atoms with Crippen LogP contribution in [-0.2, 0) is 11.3 Å². The highest BCUT2D eigenvalue weighted by Crippen LogP contribution is 2.39. The second-order valence-electron chi connectivity index (χ2n) is 6.79. The smallest absolute Gasteiger partial charge is 0.188 e. The van der Waals surface area contributed by atoms with Crippen LogP contribution in [0, 0.1) is 5.92 Å². The van der Waals surface area contributed by atoms with Gasteiger partial charge in [0.05, 0.1) is 0 Å². The van der Waals surface area contributed by atoms with Crippen LogP contribution < -0.4 is 4.74 Å². The molecule has 1 fully saturated rings. The van der Waals surface area contributed by atoms with Crippen LogP contribution in [-0.4, -0.2) is 43.6 Å². The zero-order chi connectivity index (χ0) is 18.4. The number of nitrogens with zero attached hydrogens (tertiary/aromatic N) is 1. The van der Waals surface area contributed by atoms with Crippen molar-refractivity contribution in [3.63, 3.8) is 0 Å². The van der Waals surface area contributed by atoms with E-state index in [1.54, 1.807) is 7.11 Å². The fourth-order valence-corrected chi connectivity index (χ4v) is 3.91. The Balaban J connectivity index is 1.73. The second kappa shape index (κ2) is 9.38. The number of aliphatic hydroxyl groups is 1. The highest BCUT2D eigenvalue weighted by atomic mass is 35.5. The number of aliphatic hydroxyl groups excluding tert-OH is 1. The summed E-state index contributed by atoms with van der Waals surface area (Å²) < 4.78 is 10.8. The minimum atomic E-state index is 0.155. The van der Waals surface area contributed by atoms with Crippen molar-refractivity contribution in [3.05, 3.63) is 64.7 Å². The molecule has 0 aromatic heterocycles. The number of methoxy groups -OCH3 is 1. The maximum absolute atomic E-state index is 10.0. The first-order valence-electron chi connectivity index (χ1n) is 8.99. The topological polar surface area (TPSA) is 41.9 Å². The van der Waals surface area contributed by atoms with Gasteiger partial charge in [-0.05, 0) is 42.1 Å². The Bertz CT molecular complexity index is 695. The summed E-state index contributed by atoms with van der Waals surface area (Å²) in [4.78, 5) is 2.42. The molecule has 140 valence electrons. The number of hydrogen-bond acceptors (Lipinski definition) is 4. The lowest BCUT2D eigenvalue weighted by Gasteiger charge is -2.38. The number of benzene rings is 2. The van der Waals surface area contributed by atoms with E-state index < -0.39 is 0 Å². The first-order chi connectivity index (χ1) is 12.7. The van der Waals surface area contributed by atoms with Crippen LogP contribution in [0.2, 0.25) is 5.02 Å². The zero-order valence-electron chi connectivity index (χ0n) is 15.1. The first-order valence-corrected chi connectivity index (χ1v) is 9.37. The molecule has 2 aromatic rings. The summed E-state index contributed by atoms with van der Waals surface area (Å²) in [6.07, 6.45) is 0.975. The van der Waals surface area contributed by atoms with Gasteiger partial charge in [0.2, 0.25) is 0 Å². The average molecular weight is 376 g/mol. The number of likely N-dealkylation sites (tertiary alicyclic amines) is 1. The molecule has 2 aromatic carbocycles. The van der Waals surface area contributed by atoms with E-state index in [9.17, 15) is 5.11 Å². The average Bonchev–Trinajstić information content (AvgIpc) is 2.67. The fraction of sp³-hybridized carbons (Fsp3) is 0.429. The van der Waals surface area contributed by atoms with Gasteiger partial charge in [-0.15, -0.1) is 0 Å². The molecular formula is C21H26ClNO3. The fourth-order valence-electron chi connectivity index (χ4n) is 3.75. The maximum atomic E-state index is 10.0. The summed E-state index contributed by atoms with van der Waals surface area (Å²) in [5, 5.41) is 10.7. The van der Waals surface area contributed by atoms with Crippen LogP contribution in [0.15, 0.2) is 48.5 Å². The molecule has 5 heteroatoms. The zero-order valence-corrected chi connectivity index (χ0v) is 15.9. The summed E-state index contributed by atoms with van der Waals surface area (Å²) in [6, 6.07) is 16.2. The van der Waals surface area contributed by atoms with Crippen molar-refractivity contribution in [2.45, 2.75) is 18.9 Å². The number of piperidine rings is 1. The molecule has 26 heavy (non-hydrogen) atoms. The molecule has 0 aliphatic carbocycles. The lowest BCUT2D eigenvalue weighted by Crippen LogP contribution is -2.40. The van der Waals surface area contributed by atoms with E-state index in [2.05, 4.69) is 29.2 Å². The van der Waals surface area contributed by atoms with Gasteiger partial charge in [-0.3, -0.25) is 4.90 Å². The molecule has 1 aliphatic rings. The van der Waals surface area contributed by atoms with Gasteiger partial charge in [0.15, 0.2) is 6.79 Å². The molecule has 1 aliphatic heterocycles. The Morgan fingerprint density at radius 1 is 1.19 bits per heavy atom. The quantitative estimate of drug-likeness (QED) is 0.745. The van der Waals surface area contributed by atoms with Gasteiger partial charge >= 0.3 is 0 Å². The van der Waals surface area contributed by atoms with Gasteiger partial charge in [-0.2, -0.15) is 0 Å². The standard InChI is InChI=1S/C21H26ClNO3/c1-25-15-26-21-11-18(22)7-8-20(21)19-9-10-23(13-17(19)14-24)12-16-5-3-2-4-6-16/h2-8,11,17,19,24H,9-10,12-15H2,1H3/t17-,19+/m0/s1. The normalized spacial score (nSPS) is 20.9. The number of halogens is 1. The maximum Gasteiger partial charge on any atom is 0.188 e. The van der Waals surface area contributed by atoms with Crippen LogP contribution in [0.3, 0.4) is 0 Å². The molecule has 0 unspecified atom stereocenters. The molecule has 0 saturated carbocycles. The number of hydrogen-bond donors (Lipinski definition) is 1. The molecule has 0 amide bonds. The second-order valence-corrected chi connectivity index (χ2v) is 7.23. The summed E-state index contributed by atoms with van der Waals surface area (Å²) in [6.45, 7) is 3.11. The predicted octanol–water partition coefficient (Wildman–Crippen LogP) is 3.92. The molecule has 0 bridgehead atoms. The van der Waals surface area contributed by atoms with E-state index >= 15 is 0 Å². The van der Waals surface area contributed by atoms with E-state index in [1.807, 2.05) is 24.3 Å². The molecule has 1 saturated heterocycles. The Kier molecular flexibility index (Phi) is 6.92. The van der Waals surface area contributed by atoms with Crippen molar-refractivity contribution in [1.82, 2.24) is 4.90 Å². The Hall–Kier alpha value is -1.59. The van der Waals surface area contributed by atoms with E-state index in [4.69, 9.17) is 21.1 Å². The van der Waals surface area contributed by atoms with Crippen LogP contribution >= 0.6 is 11.6 Å². The highest BCUT2D eigenvalue weighted by Gasteiger charge is 2.31. The molecule has 0 radical (unpaired) electrons. The van der Waals surface area contributed by atoms with E-state index in [0.717, 1.165) is 37.4 Å². The molecule has 1 N–H and O–H groups in total. The Morgan fingerprint density at radius 2 is 2.00 bits per heavy atom. The largest absolute Gasteiger partial charge is 0.467 e. The van der Waals surface area contributed by atoms with Gasteiger partial charge in [0.25, 0.3) is 0 Å². The molecule has 3 rings (SSSR count).